The fraction of sp³-hybridized carbons (Fsp3) is 0.292. The van der Waals surface area contributed by atoms with Crippen LogP contribution in [0.3, 0.4) is 0 Å². The molecule has 2 aromatic carbocycles. The van der Waals surface area contributed by atoms with Crippen LogP contribution in [0.25, 0.3) is 11.4 Å². The summed E-state index contributed by atoms with van der Waals surface area (Å²) in [5.74, 6) is 0.119. The Kier molecular flexibility index (Phi) is 7.73. The van der Waals surface area contributed by atoms with E-state index in [1.807, 2.05) is 11.9 Å². The predicted molar refractivity (Wildman–Crippen MR) is 137 cm³/mol. The van der Waals surface area contributed by atoms with Crippen molar-refractivity contribution < 1.29 is 13.5 Å². The van der Waals surface area contributed by atoms with E-state index < -0.39 is 12.3 Å². The van der Waals surface area contributed by atoms with E-state index in [-0.39, 0.29) is 35.3 Å². The summed E-state index contributed by atoms with van der Waals surface area (Å²) in [4.78, 5) is 11.1. The molecule has 1 aliphatic heterocycles. The van der Waals surface area contributed by atoms with Crippen molar-refractivity contribution in [1.29, 1.82) is 5.41 Å². The summed E-state index contributed by atoms with van der Waals surface area (Å²) in [6.45, 7) is 2.52. The number of nitrogen functional groups attached to an aromatic ring is 1. The number of nitrogens with two attached hydrogens (primary N) is 1. The molecule has 7 nitrogen and oxygen atoms in total. The van der Waals surface area contributed by atoms with Gasteiger partial charge in [-0.15, -0.1) is 0 Å². The van der Waals surface area contributed by atoms with Crippen LogP contribution in [0, 0.1) is 11.2 Å². The van der Waals surface area contributed by atoms with E-state index in [9.17, 15) is 8.78 Å². The number of rotatable bonds is 7. The maximum atomic E-state index is 14.6. The third-order valence-electron chi connectivity index (χ3n) is 5.54. The molecule has 184 valence electrons. The SMILES string of the molecule is CC(=N)c1c(N)nc(-c2ccc(NSc3cc(Cl)ccc3F)cc2)nc1OC1CCN(C)CC1F. The third-order valence-corrected chi connectivity index (χ3v) is 6.65. The smallest absolute Gasteiger partial charge is 0.228 e. The molecule has 35 heavy (non-hydrogen) atoms. The monoisotopic (exact) mass is 518 g/mol. The zero-order valence-electron chi connectivity index (χ0n) is 19.2. The Morgan fingerprint density at radius 3 is 2.69 bits per heavy atom. The molecule has 1 aromatic heterocycles. The first-order valence-corrected chi connectivity index (χ1v) is 12.1. The number of benzene rings is 2. The molecule has 0 spiro atoms. The molecule has 0 aliphatic carbocycles. The number of aromatic nitrogens is 2. The van der Waals surface area contributed by atoms with Gasteiger partial charge in [0.05, 0.1) is 10.5 Å². The number of halogens is 3. The molecule has 1 saturated heterocycles. The number of piperidine rings is 1. The van der Waals surface area contributed by atoms with Crippen LogP contribution >= 0.6 is 23.5 Å². The van der Waals surface area contributed by atoms with Gasteiger partial charge in [0, 0.05) is 35.1 Å². The lowest BCUT2D eigenvalue weighted by atomic mass is 10.1. The number of nitrogens with one attached hydrogen (secondary N) is 2. The largest absolute Gasteiger partial charge is 0.471 e. The van der Waals surface area contributed by atoms with E-state index in [1.54, 1.807) is 37.3 Å². The van der Waals surface area contributed by atoms with Crippen molar-refractivity contribution >= 4 is 40.8 Å². The Morgan fingerprint density at radius 2 is 2.00 bits per heavy atom. The Hall–Kier alpha value is -2.95. The Bertz CT molecular complexity index is 1230. The van der Waals surface area contributed by atoms with Crippen molar-refractivity contribution in [2.24, 2.45) is 0 Å². The molecule has 11 heteroatoms. The topological polar surface area (TPSA) is 100 Å². The van der Waals surface area contributed by atoms with E-state index in [0.29, 0.717) is 34.3 Å². The standard InChI is InChI=1S/C24H25ClF2N6OS/c1-13(28)21-22(29)30-23(31-24(21)34-19-9-10-33(2)12-18(19)27)14-3-6-16(7-4-14)32-35-20-11-15(25)5-8-17(20)26/h3-8,11,18-19,28,32H,9-10,12H2,1-2H3,(H2,29,30,31). The second-order valence-corrected chi connectivity index (χ2v) is 9.60. The summed E-state index contributed by atoms with van der Waals surface area (Å²) in [6.07, 6.45) is -1.36. The van der Waals surface area contributed by atoms with Crippen LogP contribution in [0.15, 0.2) is 47.4 Å². The molecule has 1 fully saturated rings. The first-order valence-electron chi connectivity index (χ1n) is 10.9. The lowest BCUT2D eigenvalue weighted by Crippen LogP contribution is -2.45. The zero-order valence-corrected chi connectivity index (χ0v) is 20.8. The lowest BCUT2D eigenvalue weighted by molar-refractivity contribution is 0.0286. The molecule has 3 aromatic rings. The highest BCUT2D eigenvalue weighted by Gasteiger charge is 2.31. The minimum atomic E-state index is -1.18. The average molecular weight is 519 g/mol. The van der Waals surface area contributed by atoms with Gasteiger partial charge >= 0.3 is 0 Å². The maximum absolute atomic E-state index is 14.6. The third kappa shape index (κ3) is 6.01. The summed E-state index contributed by atoms with van der Waals surface area (Å²) in [7, 11) is 1.86. The number of anilines is 2. The summed E-state index contributed by atoms with van der Waals surface area (Å²) < 4.78 is 37.5. The normalized spacial score (nSPS) is 18.3. The first-order chi connectivity index (χ1) is 16.7. The maximum Gasteiger partial charge on any atom is 0.228 e. The lowest BCUT2D eigenvalue weighted by Gasteiger charge is -2.32. The van der Waals surface area contributed by atoms with Gasteiger partial charge in [-0.3, -0.25) is 0 Å². The van der Waals surface area contributed by atoms with Gasteiger partial charge in [-0.2, -0.15) is 4.98 Å². The molecule has 2 heterocycles. The minimum Gasteiger partial charge on any atom is -0.471 e. The van der Waals surface area contributed by atoms with Gasteiger partial charge in [-0.25, -0.2) is 13.8 Å². The van der Waals surface area contributed by atoms with Gasteiger partial charge in [-0.05, 0) is 74.8 Å². The Labute approximate surface area is 211 Å². The van der Waals surface area contributed by atoms with Crippen LogP contribution in [0.1, 0.15) is 18.9 Å². The highest BCUT2D eigenvalue weighted by Crippen LogP contribution is 2.31. The van der Waals surface area contributed by atoms with Crippen molar-refractivity contribution in [3.05, 3.63) is 58.9 Å². The van der Waals surface area contributed by atoms with Crippen LogP contribution in [0.4, 0.5) is 20.3 Å². The molecule has 0 amide bonds. The number of ether oxygens (including phenoxy) is 1. The number of hydrogen-bond donors (Lipinski definition) is 3. The predicted octanol–water partition coefficient (Wildman–Crippen LogP) is 5.45. The quantitative estimate of drug-likeness (QED) is 0.282. The van der Waals surface area contributed by atoms with E-state index in [2.05, 4.69) is 14.7 Å². The highest BCUT2D eigenvalue weighted by atomic mass is 35.5. The van der Waals surface area contributed by atoms with Crippen molar-refractivity contribution in [1.82, 2.24) is 14.9 Å². The van der Waals surface area contributed by atoms with Gasteiger partial charge in [0.25, 0.3) is 0 Å². The van der Waals surface area contributed by atoms with Crippen LogP contribution < -0.4 is 15.2 Å². The van der Waals surface area contributed by atoms with Gasteiger partial charge < -0.3 is 25.5 Å². The van der Waals surface area contributed by atoms with Gasteiger partial charge in [0.1, 0.15) is 23.9 Å². The zero-order chi connectivity index (χ0) is 25.1. The highest BCUT2D eigenvalue weighted by molar-refractivity contribution is 8.00. The van der Waals surface area contributed by atoms with E-state index in [1.165, 1.54) is 12.1 Å². The molecule has 4 N–H and O–H groups in total. The van der Waals surface area contributed by atoms with Gasteiger partial charge in [-0.1, -0.05) is 11.6 Å². The van der Waals surface area contributed by atoms with Crippen molar-refractivity contribution in [3.63, 3.8) is 0 Å². The summed E-state index contributed by atoms with van der Waals surface area (Å²) in [6, 6.07) is 11.5. The second-order valence-electron chi connectivity index (χ2n) is 8.32. The summed E-state index contributed by atoms with van der Waals surface area (Å²) in [5.41, 5.74) is 7.93. The van der Waals surface area contributed by atoms with Crippen LogP contribution in [0.2, 0.25) is 5.02 Å². The van der Waals surface area contributed by atoms with Crippen molar-refractivity contribution in [2.45, 2.75) is 30.5 Å². The van der Waals surface area contributed by atoms with Crippen LogP contribution in [-0.2, 0) is 0 Å². The number of alkyl halides is 1. The minimum absolute atomic E-state index is 0.0926. The molecule has 0 bridgehead atoms. The first kappa shape index (κ1) is 25.2. The van der Waals surface area contributed by atoms with E-state index >= 15 is 0 Å². The number of nitrogens with zero attached hydrogens (tertiary/aromatic N) is 3. The number of hydrogen-bond acceptors (Lipinski definition) is 8. The summed E-state index contributed by atoms with van der Waals surface area (Å²) in [5, 5.41) is 8.52. The molecule has 1 aliphatic rings. The van der Waals surface area contributed by atoms with Crippen molar-refractivity contribution in [3.8, 4) is 17.3 Å². The van der Waals surface area contributed by atoms with Crippen LogP contribution in [-0.4, -0.2) is 53.0 Å². The number of likely N-dealkylation sites (tertiary alicyclic amines) is 1. The molecular formula is C24H25ClF2N6OS. The molecule has 0 radical (unpaired) electrons. The van der Waals surface area contributed by atoms with Crippen LogP contribution in [0.5, 0.6) is 5.88 Å². The fourth-order valence-electron chi connectivity index (χ4n) is 3.69. The molecule has 2 unspecified atom stereocenters. The van der Waals surface area contributed by atoms with E-state index in [4.69, 9.17) is 27.5 Å². The fourth-order valence-corrected chi connectivity index (χ4v) is 4.64. The Balaban J connectivity index is 1.55. The average Bonchev–Trinajstić information content (AvgIpc) is 2.81. The Morgan fingerprint density at radius 1 is 1.26 bits per heavy atom. The second kappa shape index (κ2) is 10.8. The molecule has 0 saturated carbocycles. The van der Waals surface area contributed by atoms with Crippen molar-refractivity contribution in [2.75, 3.05) is 30.6 Å². The van der Waals surface area contributed by atoms with E-state index in [0.717, 1.165) is 17.6 Å². The molecular weight excluding hydrogens is 494 g/mol. The molecule has 4 rings (SSSR count). The van der Waals surface area contributed by atoms with Gasteiger partial charge in [0.15, 0.2) is 5.82 Å². The summed E-state index contributed by atoms with van der Waals surface area (Å²) >= 11 is 7.04. The van der Waals surface area contributed by atoms with Gasteiger partial charge in [0.2, 0.25) is 5.88 Å². The molecule has 2 atom stereocenters.